The number of aliphatic imine (C=N–C) groups is 1. The zero-order valence-electron chi connectivity index (χ0n) is 7.25. The summed E-state index contributed by atoms with van der Waals surface area (Å²) < 4.78 is 0. The first kappa shape index (κ1) is 9.86. The van der Waals surface area contributed by atoms with Crippen LogP contribution in [-0.4, -0.2) is 17.7 Å². The van der Waals surface area contributed by atoms with Gasteiger partial charge in [0.1, 0.15) is 6.54 Å². The van der Waals surface area contributed by atoms with Crippen molar-refractivity contribution in [1.29, 1.82) is 5.26 Å². The molecule has 70 valence electrons. The van der Waals surface area contributed by atoms with Gasteiger partial charge in [0.25, 0.3) is 5.69 Å². The van der Waals surface area contributed by atoms with Crippen LogP contribution < -0.4 is 0 Å². The van der Waals surface area contributed by atoms with E-state index < -0.39 is 4.92 Å². The highest BCUT2D eigenvalue weighted by molar-refractivity contribution is 5.80. The van der Waals surface area contributed by atoms with Gasteiger partial charge in [-0.2, -0.15) is 5.26 Å². The molecule has 0 amide bonds. The van der Waals surface area contributed by atoms with Crippen molar-refractivity contribution in [2.24, 2.45) is 4.99 Å². The fraction of sp³-hybridized carbons (Fsp3) is 0.111. The topological polar surface area (TPSA) is 79.3 Å². The van der Waals surface area contributed by atoms with Crippen molar-refractivity contribution in [3.05, 3.63) is 39.9 Å². The molecule has 0 bridgehead atoms. The molecule has 1 aromatic rings. The number of benzene rings is 1. The predicted octanol–water partition coefficient (Wildman–Crippen LogP) is 1.54. The molecule has 0 fully saturated rings. The van der Waals surface area contributed by atoms with Crippen molar-refractivity contribution < 1.29 is 4.92 Å². The number of nitro groups is 1. The molecule has 0 saturated carbocycles. The summed E-state index contributed by atoms with van der Waals surface area (Å²) in [6, 6.07) is 7.82. The Kier molecular flexibility index (Phi) is 3.33. The molecule has 0 spiro atoms. The maximum Gasteiger partial charge on any atom is 0.269 e. The van der Waals surface area contributed by atoms with Crippen LogP contribution in [0.4, 0.5) is 5.69 Å². The Morgan fingerprint density at radius 3 is 2.64 bits per heavy atom. The molecule has 0 aliphatic carbocycles. The van der Waals surface area contributed by atoms with Crippen molar-refractivity contribution in [3.63, 3.8) is 0 Å². The third-order valence-electron chi connectivity index (χ3n) is 1.51. The van der Waals surface area contributed by atoms with E-state index in [2.05, 4.69) is 4.99 Å². The van der Waals surface area contributed by atoms with Gasteiger partial charge in [0.15, 0.2) is 0 Å². The van der Waals surface area contributed by atoms with E-state index in [1.54, 1.807) is 12.1 Å². The molecule has 14 heavy (non-hydrogen) atoms. The van der Waals surface area contributed by atoms with Gasteiger partial charge in [-0.15, -0.1) is 0 Å². The lowest BCUT2D eigenvalue weighted by Gasteiger charge is -1.91. The lowest BCUT2D eigenvalue weighted by atomic mass is 10.2. The molecular weight excluding hydrogens is 182 g/mol. The Morgan fingerprint density at radius 1 is 1.50 bits per heavy atom. The van der Waals surface area contributed by atoms with Gasteiger partial charge >= 0.3 is 0 Å². The average molecular weight is 189 g/mol. The average Bonchev–Trinajstić information content (AvgIpc) is 2.19. The largest absolute Gasteiger partial charge is 0.277 e. The summed E-state index contributed by atoms with van der Waals surface area (Å²) >= 11 is 0. The van der Waals surface area contributed by atoms with E-state index in [4.69, 9.17) is 5.26 Å². The van der Waals surface area contributed by atoms with Crippen molar-refractivity contribution in [3.8, 4) is 6.07 Å². The molecule has 0 aliphatic heterocycles. The monoisotopic (exact) mass is 189 g/mol. The van der Waals surface area contributed by atoms with Crippen LogP contribution in [0.15, 0.2) is 29.3 Å². The number of nitro benzene ring substituents is 1. The van der Waals surface area contributed by atoms with Crippen LogP contribution in [-0.2, 0) is 0 Å². The van der Waals surface area contributed by atoms with Gasteiger partial charge in [0, 0.05) is 18.3 Å². The summed E-state index contributed by atoms with van der Waals surface area (Å²) in [6.45, 7) is 0.0942. The summed E-state index contributed by atoms with van der Waals surface area (Å²) in [4.78, 5) is 13.6. The SMILES string of the molecule is N#CCN=Cc1ccc([N+](=O)[O-])cc1. The minimum absolute atomic E-state index is 0.0439. The number of non-ortho nitro benzene ring substituents is 1. The number of hydrogen-bond acceptors (Lipinski definition) is 4. The highest BCUT2D eigenvalue weighted by atomic mass is 16.6. The third kappa shape index (κ3) is 2.68. The number of hydrogen-bond donors (Lipinski definition) is 0. The zero-order valence-corrected chi connectivity index (χ0v) is 7.25. The summed E-state index contributed by atoms with van der Waals surface area (Å²) in [6.07, 6.45) is 1.51. The van der Waals surface area contributed by atoms with Crippen molar-refractivity contribution in [1.82, 2.24) is 0 Å². The third-order valence-corrected chi connectivity index (χ3v) is 1.51. The molecular formula is C9H7N3O2. The number of nitriles is 1. The smallest absolute Gasteiger partial charge is 0.269 e. The first-order valence-electron chi connectivity index (χ1n) is 3.85. The first-order valence-corrected chi connectivity index (χ1v) is 3.85. The molecule has 0 aliphatic rings. The lowest BCUT2D eigenvalue weighted by Crippen LogP contribution is -1.88. The molecule has 5 heteroatoms. The standard InChI is InChI=1S/C9H7N3O2/c10-5-6-11-7-8-1-3-9(4-2-8)12(13)14/h1-4,7H,6H2. The minimum Gasteiger partial charge on any atom is -0.277 e. The van der Waals surface area contributed by atoms with Crippen LogP contribution in [0, 0.1) is 21.4 Å². The Balaban J connectivity index is 2.74. The number of nitrogens with zero attached hydrogens (tertiary/aromatic N) is 3. The summed E-state index contributed by atoms with van der Waals surface area (Å²) in [7, 11) is 0. The lowest BCUT2D eigenvalue weighted by molar-refractivity contribution is -0.384. The molecule has 5 nitrogen and oxygen atoms in total. The Labute approximate surface area is 80.5 Å². The Morgan fingerprint density at radius 2 is 2.14 bits per heavy atom. The van der Waals surface area contributed by atoms with E-state index >= 15 is 0 Å². The molecule has 1 rings (SSSR count). The Bertz CT molecular complexity index is 390. The summed E-state index contributed by atoms with van der Waals surface area (Å²) in [5.74, 6) is 0. The van der Waals surface area contributed by atoms with Crippen LogP contribution in [0.2, 0.25) is 0 Å². The van der Waals surface area contributed by atoms with E-state index in [1.807, 2.05) is 6.07 Å². The van der Waals surface area contributed by atoms with E-state index in [0.29, 0.717) is 0 Å². The first-order chi connectivity index (χ1) is 6.74. The van der Waals surface area contributed by atoms with E-state index in [-0.39, 0.29) is 12.2 Å². The van der Waals surface area contributed by atoms with Crippen LogP contribution in [0.5, 0.6) is 0 Å². The fourth-order valence-corrected chi connectivity index (χ4v) is 0.874. The van der Waals surface area contributed by atoms with E-state index in [1.165, 1.54) is 18.3 Å². The molecule has 0 N–H and O–H groups in total. The van der Waals surface area contributed by atoms with Gasteiger partial charge in [0.05, 0.1) is 11.0 Å². The quantitative estimate of drug-likeness (QED) is 0.313. The molecule has 0 atom stereocenters. The Hall–Kier alpha value is -2.22. The van der Waals surface area contributed by atoms with Gasteiger partial charge in [-0.25, -0.2) is 0 Å². The van der Waals surface area contributed by atoms with Gasteiger partial charge in [-0.05, 0) is 17.7 Å². The predicted molar refractivity (Wildman–Crippen MR) is 51.2 cm³/mol. The zero-order chi connectivity index (χ0) is 10.4. The second-order valence-electron chi connectivity index (χ2n) is 2.48. The maximum atomic E-state index is 10.3. The summed E-state index contributed by atoms with van der Waals surface area (Å²) in [5, 5.41) is 18.5. The van der Waals surface area contributed by atoms with Crippen molar-refractivity contribution in [2.45, 2.75) is 0 Å². The van der Waals surface area contributed by atoms with E-state index in [0.717, 1.165) is 5.56 Å². The molecule has 1 aromatic carbocycles. The van der Waals surface area contributed by atoms with Gasteiger partial charge < -0.3 is 0 Å². The molecule has 0 heterocycles. The van der Waals surface area contributed by atoms with E-state index in [9.17, 15) is 10.1 Å². The van der Waals surface area contributed by atoms with Crippen molar-refractivity contribution >= 4 is 11.9 Å². The van der Waals surface area contributed by atoms with Crippen LogP contribution >= 0.6 is 0 Å². The second-order valence-corrected chi connectivity index (χ2v) is 2.48. The highest BCUT2D eigenvalue weighted by Gasteiger charge is 2.01. The normalized spacial score (nSPS) is 9.93. The van der Waals surface area contributed by atoms with Gasteiger partial charge in [-0.1, -0.05) is 0 Å². The van der Waals surface area contributed by atoms with Crippen LogP contribution in [0.3, 0.4) is 0 Å². The molecule has 0 radical (unpaired) electrons. The molecule has 0 aromatic heterocycles. The van der Waals surface area contributed by atoms with Gasteiger partial charge in [0.2, 0.25) is 0 Å². The van der Waals surface area contributed by atoms with Crippen molar-refractivity contribution in [2.75, 3.05) is 6.54 Å². The molecule has 0 saturated heterocycles. The minimum atomic E-state index is -0.462. The van der Waals surface area contributed by atoms with Gasteiger partial charge in [-0.3, -0.25) is 15.1 Å². The van der Waals surface area contributed by atoms with Crippen LogP contribution in [0.1, 0.15) is 5.56 Å². The highest BCUT2D eigenvalue weighted by Crippen LogP contribution is 2.10. The second kappa shape index (κ2) is 4.72. The maximum absolute atomic E-state index is 10.3. The van der Waals surface area contributed by atoms with Crippen LogP contribution in [0.25, 0.3) is 0 Å². The summed E-state index contributed by atoms with van der Waals surface area (Å²) in [5.41, 5.74) is 0.785. The fourth-order valence-electron chi connectivity index (χ4n) is 0.874. The number of rotatable bonds is 3. The molecule has 0 unspecified atom stereocenters.